The van der Waals surface area contributed by atoms with Crippen LogP contribution in [-0.2, 0) is 20.7 Å². The third kappa shape index (κ3) is 3.45. The van der Waals surface area contributed by atoms with E-state index in [2.05, 4.69) is 15.9 Å². The number of ether oxygens (including phenoxy) is 2. The van der Waals surface area contributed by atoms with Crippen molar-refractivity contribution in [3.05, 3.63) is 34.1 Å². The van der Waals surface area contributed by atoms with Gasteiger partial charge in [0, 0.05) is 43.6 Å². The monoisotopic (exact) mass is 344 g/mol. The van der Waals surface area contributed by atoms with Gasteiger partial charge < -0.3 is 9.47 Å². The van der Waals surface area contributed by atoms with Crippen LogP contribution < -0.4 is 0 Å². The van der Waals surface area contributed by atoms with Crippen LogP contribution in [0.4, 0.5) is 4.39 Å². The van der Waals surface area contributed by atoms with Gasteiger partial charge in [-0.25, -0.2) is 4.39 Å². The van der Waals surface area contributed by atoms with Gasteiger partial charge in [0.15, 0.2) is 5.78 Å². The summed E-state index contributed by atoms with van der Waals surface area (Å²) in [4.78, 5) is 12.6. The third-order valence-corrected chi connectivity index (χ3v) is 4.33. The zero-order valence-corrected chi connectivity index (χ0v) is 13.0. The lowest BCUT2D eigenvalue weighted by atomic mass is 9.86. The molecule has 0 unspecified atom stereocenters. The molecule has 5 heteroatoms. The molecule has 0 bridgehead atoms. The fourth-order valence-corrected chi connectivity index (χ4v) is 2.97. The molecule has 0 spiro atoms. The van der Waals surface area contributed by atoms with Gasteiger partial charge in [0.1, 0.15) is 11.4 Å². The first-order valence-electron chi connectivity index (χ1n) is 6.76. The summed E-state index contributed by atoms with van der Waals surface area (Å²) in [6, 6.07) is 4.38. The molecule has 20 heavy (non-hydrogen) atoms. The average molecular weight is 345 g/mol. The second-order valence-corrected chi connectivity index (χ2v) is 5.73. The maximum atomic E-state index is 13.1. The van der Waals surface area contributed by atoms with Crippen molar-refractivity contribution >= 4 is 21.7 Å². The molecule has 0 aromatic heterocycles. The van der Waals surface area contributed by atoms with Crippen LogP contribution in [0.3, 0.4) is 0 Å². The molecule has 110 valence electrons. The van der Waals surface area contributed by atoms with E-state index in [-0.39, 0.29) is 18.0 Å². The fraction of sp³-hybridized carbons (Fsp3) is 0.533. The summed E-state index contributed by atoms with van der Waals surface area (Å²) in [5, 5.41) is 0. The highest BCUT2D eigenvalue weighted by Crippen LogP contribution is 2.29. The number of hydrogen-bond acceptors (Lipinski definition) is 3. The first-order chi connectivity index (χ1) is 9.57. The van der Waals surface area contributed by atoms with E-state index >= 15 is 0 Å². The molecule has 3 nitrogen and oxygen atoms in total. The van der Waals surface area contributed by atoms with Crippen molar-refractivity contribution in [3.63, 3.8) is 0 Å². The van der Waals surface area contributed by atoms with Crippen molar-refractivity contribution in [2.24, 2.45) is 0 Å². The molecule has 0 saturated carbocycles. The number of Topliss-reactive ketones (excluding diaryl/α,β-unsaturated/α-hetero) is 1. The van der Waals surface area contributed by atoms with E-state index in [4.69, 9.17) is 9.47 Å². The van der Waals surface area contributed by atoms with Crippen molar-refractivity contribution in [1.82, 2.24) is 0 Å². The standard InChI is InChI=1S/C15H18BrFO3/c1-2-20-15(5-7-19-8-6-15)14(18)9-11-3-4-12(17)10-13(11)16/h3-4,10H,2,5-9H2,1H3. The van der Waals surface area contributed by atoms with Gasteiger partial charge >= 0.3 is 0 Å². The van der Waals surface area contributed by atoms with E-state index in [9.17, 15) is 9.18 Å². The van der Waals surface area contributed by atoms with Gasteiger partial charge in [-0.05, 0) is 24.6 Å². The normalized spacial score (nSPS) is 17.9. The minimum atomic E-state index is -0.749. The number of hydrogen-bond donors (Lipinski definition) is 0. The van der Waals surface area contributed by atoms with E-state index in [0.717, 1.165) is 5.56 Å². The molecule has 0 aliphatic carbocycles. The zero-order valence-electron chi connectivity index (χ0n) is 11.5. The first kappa shape index (κ1) is 15.6. The molecule has 1 aromatic carbocycles. The highest BCUT2D eigenvalue weighted by atomic mass is 79.9. The molecular formula is C15H18BrFO3. The SMILES string of the molecule is CCOC1(C(=O)Cc2ccc(F)cc2Br)CCOCC1. The van der Waals surface area contributed by atoms with Crippen molar-refractivity contribution in [2.45, 2.75) is 31.8 Å². The molecule has 1 aliphatic rings. The van der Waals surface area contributed by atoms with Gasteiger partial charge in [0.25, 0.3) is 0 Å². The predicted molar refractivity (Wildman–Crippen MR) is 77.2 cm³/mol. The lowest BCUT2D eigenvalue weighted by Gasteiger charge is -2.35. The van der Waals surface area contributed by atoms with Crippen LogP contribution in [0.25, 0.3) is 0 Å². The topological polar surface area (TPSA) is 35.5 Å². The van der Waals surface area contributed by atoms with Crippen molar-refractivity contribution in [2.75, 3.05) is 19.8 Å². The maximum absolute atomic E-state index is 13.1. The van der Waals surface area contributed by atoms with E-state index in [1.165, 1.54) is 12.1 Å². The Bertz CT molecular complexity index is 478. The van der Waals surface area contributed by atoms with E-state index in [1.807, 2.05) is 6.92 Å². The fourth-order valence-electron chi connectivity index (χ4n) is 2.48. The molecule has 1 heterocycles. The van der Waals surface area contributed by atoms with Crippen LogP contribution in [0.15, 0.2) is 22.7 Å². The molecule has 0 N–H and O–H groups in total. The summed E-state index contributed by atoms with van der Waals surface area (Å²) in [7, 11) is 0. The largest absolute Gasteiger partial charge is 0.381 e. The first-order valence-corrected chi connectivity index (χ1v) is 7.55. The van der Waals surface area contributed by atoms with Gasteiger partial charge in [-0.15, -0.1) is 0 Å². The number of carbonyl (C=O) groups is 1. The average Bonchev–Trinajstić information content (AvgIpc) is 2.43. The van der Waals surface area contributed by atoms with Gasteiger partial charge in [0.2, 0.25) is 0 Å². The van der Waals surface area contributed by atoms with E-state index < -0.39 is 5.60 Å². The Labute approximate surface area is 126 Å². The Hall–Kier alpha value is -0.780. The number of rotatable bonds is 5. The number of benzene rings is 1. The van der Waals surface area contributed by atoms with Gasteiger partial charge in [-0.2, -0.15) is 0 Å². The molecule has 1 saturated heterocycles. The Morgan fingerprint density at radius 1 is 1.45 bits per heavy atom. The number of halogens is 2. The van der Waals surface area contributed by atoms with Gasteiger partial charge in [0.05, 0.1) is 0 Å². The summed E-state index contributed by atoms with van der Waals surface area (Å²) in [6.07, 6.45) is 1.40. The Kier molecular flexibility index (Phi) is 5.29. The lowest BCUT2D eigenvalue weighted by Crippen LogP contribution is -2.47. The molecule has 1 fully saturated rings. The third-order valence-electron chi connectivity index (χ3n) is 3.60. The quantitative estimate of drug-likeness (QED) is 0.822. The van der Waals surface area contributed by atoms with E-state index in [0.29, 0.717) is 37.1 Å². The van der Waals surface area contributed by atoms with Crippen LogP contribution in [-0.4, -0.2) is 31.2 Å². The summed E-state index contributed by atoms with van der Waals surface area (Å²) < 4.78 is 24.8. The second kappa shape index (κ2) is 6.78. The molecular weight excluding hydrogens is 327 g/mol. The minimum Gasteiger partial charge on any atom is -0.381 e. The summed E-state index contributed by atoms with van der Waals surface area (Å²) in [5.41, 5.74) is 0.0304. The second-order valence-electron chi connectivity index (χ2n) is 4.88. The Morgan fingerprint density at radius 2 is 2.15 bits per heavy atom. The minimum absolute atomic E-state index is 0.0370. The summed E-state index contributed by atoms with van der Waals surface area (Å²) in [6.45, 7) is 3.46. The van der Waals surface area contributed by atoms with Crippen molar-refractivity contribution in [1.29, 1.82) is 0 Å². The number of carbonyl (C=O) groups excluding carboxylic acids is 1. The molecule has 1 aromatic rings. The molecule has 0 radical (unpaired) electrons. The Balaban J connectivity index is 2.15. The lowest BCUT2D eigenvalue weighted by molar-refractivity contribution is -0.156. The molecule has 0 atom stereocenters. The molecule has 0 amide bonds. The van der Waals surface area contributed by atoms with Crippen molar-refractivity contribution in [3.8, 4) is 0 Å². The van der Waals surface area contributed by atoms with Crippen molar-refractivity contribution < 1.29 is 18.7 Å². The van der Waals surface area contributed by atoms with E-state index in [1.54, 1.807) is 6.07 Å². The predicted octanol–water partition coefficient (Wildman–Crippen LogP) is 3.29. The molecule has 2 rings (SSSR count). The van der Waals surface area contributed by atoms with Crippen LogP contribution in [0.5, 0.6) is 0 Å². The summed E-state index contributed by atoms with van der Waals surface area (Å²) >= 11 is 3.30. The van der Waals surface area contributed by atoms with Crippen LogP contribution in [0, 0.1) is 5.82 Å². The zero-order chi connectivity index (χ0) is 14.6. The smallest absolute Gasteiger partial charge is 0.169 e. The van der Waals surface area contributed by atoms with Gasteiger partial charge in [-0.3, -0.25) is 4.79 Å². The highest BCUT2D eigenvalue weighted by molar-refractivity contribution is 9.10. The Morgan fingerprint density at radius 3 is 2.75 bits per heavy atom. The van der Waals surface area contributed by atoms with Crippen LogP contribution >= 0.6 is 15.9 Å². The van der Waals surface area contributed by atoms with Gasteiger partial charge in [-0.1, -0.05) is 22.0 Å². The summed E-state index contributed by atoms with van der Waals surface area (Å²) in [5.74, 6) is -0.284. The highest BCUT2D eigenvalue weighted by Gasteiger charge is 2.40. The van der Waals surface area contributed by atoms with Crippen LogP contribution in [0.1, 0.15) is 25.3 Å². The molecule has 1 aliphatic heterocycles. The number of ketones is 1. The maximum Gasteiger partial charge on any atom is 0.169 e. The van der Waals surface area contributed by atoms with Crippen LogP contribution in [0.2, 0.25) is 0 Å².